The van der Waals surface area contributed by atoms with Crippen LogP contribution in [-0.2, 0) is 17.6 Å². The van der Waals surface area contributed by atoms with Crippen LogP contribution >= 0.6 is 35.1 Å². The van der Waals surface area contributed by atoms with E-state index >= 15 is 0 Å². The molecule has 0 spiro atoms. The molecule has 114 valence electrons. The Morgan fingerprint density at radius 1 is 1.38 bits per heavy atom. The van der Waals surface area contributed by atoms with Gasteiger partial charge in [-0.25, -0.2) is 0 Å². The maximum absolute atomic E-state index is 12.7. The second-order valence-electron chi connectivity index (χ2n) is 5.40. The molecular weight excluding hydrogens is 324 g/mol. The minimum absolute atomic E-state index is 0.116. The first-order valence-electron chi connectivity index (χ1n) is 7.39. The van der Waals surface area contributed by atoms with Gasteiger partial charge in [0.2, 0.25) is 0 Å². The predicted molar refractivity (Wildman–Crippen MR) is 92.1 cm³/mol. The second kappa shape index (κ2) is 6.84. The Morgan fingerprint density at radius 3 is 3.00 bits per heavy atom. The van der Waals surface area contributed by atoms with Gasteiger partial charge in [-0.3, -0.25) is 4.79 Å². The number of benzene rings is 1. The fourth-order valence-electron chi connectivity index (χ4n) is 2.97. The van der Waals surface area contributed by atoms with Crippen LogP contribution in [-0.4, -0.2) is 34.4 Å². The third-order valence-corrected chi connectivity index (χ3v) is 7.47. The van der Waals surface area contributed by atoms with E-state index in [4.69, 9.17) is 16.3 Å². The maximum atomic E-state index is 12.7. The zero-order valence-electron chi connectivity index (χ0n) is 12.1. The van der Waals surface area contributed by atoms with Crippen LogP contribution in [0.25, 0.3) is 0 Å². The van der Waals surface area contributed by atoms with E-state index in [1.165, 1.54) is 0 Å². The molecule has 0 amide bonds. The first kappa shape index (κ1) is 15.6. The Balaban J connectivity index is 1.78. The highest BCUT2D eigenvalue weighted by molar-refractivity contribution is 8.07. The van der Waals surface area contributed by atoms with Crippen LogP contribution in [0.4, 0.5) is 0 Å². The van der Waals surface area contributed by atoms with E-state index in [1.54, 1.807) is 0 Å². The SMILES string of the molecule is CCC1SCCSC1C(=O)Cc1cc(Cl)cc2c1OCC2. The summed E-state index contributed by atoms with van der Waals surface area (Å²) in [4.78, 5) is 12.7. The lowest BCUT2D eigenvalue weighted by atomic mass is 10.0. The minimum Gasteiger partial charge on any atom is -0.493 e. The molecule has 3 rings (SSSR count). The van der Waals surface area contributed by atoms with Crippen molar-refractivity contribution >= 4 is 40.9 Å². The van der Waals surface area contributed by atoms with Gasteiger partial charge in [0.15, 0.2) is 5.78 Å². The van der Waals surface area contributed by atoms with Gasteiger partial charge in [0.05, 0.1) is 11.9 Å². The predicted octanol–water partition coefficient (Wildman–Crippen LogP) is 4.01. The molecule has 1 saturated heterocycles. The van der Waals surface area contributed by atoms with Gasteiger partial charge < -0.3 is 4.74 Å². The van der Waals surface area contributed by atoms with Crippen LogP contribution in [0, 0.1) is 0 Å². The molecule has 1 aromatic rings. The van der Waals surface area contributed by atoms with E-state index in [2.05, 4.69) is 6.92 Å². The van der Waals surface area contributed by atoms with E-state index in [1.807, 2.05) is 35.7 Å². The standard InChI is InChI=1S/C16H19ClO2S2/c1-2-14-16(21-6-5-20-14)13(18)9-11-8-12(17)7-10-3-4-19-15(10)11/h7-8,14,16H,2-6,9H2,1H3. The van der Waals surface area contributed by atoms with Crippen molar-refractivity contribution in [3.05, 3.63) is 28.3 Å². The Morgan fingerprint density at radius 2 is 2.19 bits per heavy atom. The third kappa shape index (κ3) is 3.38. The largest absolute Gasteiger partial charge is 0.493 e. The highest BCUT2D eigenvalue weighted by atomic mass is 35.5. The first-order valence-corrected chi connectivity index (χ1v) is 9.86. The lowest BCUT2D eigenvalue weighted by Crippen LogP contribution is -2.33. The van der Waals surface area contributed by atoms with E-state index < -0.39 is 0 Å². The van der Waals surface area contributed by atoms with Crippen LogP contribution in [0.15, 0.2) is 12.1 Å². The Kier molecular flexibility index (Phi) is 5.07. The van der Waals surface area contributed by atoms with Crippen molar-refractivity contribution < 1.29 is 9.53 Å². The molecule has 0 saturated carbocycles. The van der Waals surface area contributed by atoms with Gasteiger partial charge in [0.25, 0.3) is 0 Å². The zero-order valence-corrected chi connectivity index (χ0v) is 14.5. The monoisotopic (exact) mass is 342 g/mol. The number of rotatable bonds is 4. The number of hydrogen-bond donors (Lipinski definition) is 0. The van der Waals surface area contributed by atoms with Gasteiger partial charge >= 0.3 is 0 Å². The zero-order chi connectivity index (χ0) is 14.8. The van der Waals surface area contributed by atoms with Crippen LogP contribution in [0.2, 0.25) is 5.02 Å². The third-order valence-electron chi connectivity index (χ3n) is 3.96. The molecule has 0 N–H and O–H groups in total. The van der Waals surface area contributed by atoms with Crippen molar-refractivity contribution in [3.63, 3.8) is 0 Å². The lowest BCUT2D eigenvalue weighted by Gasteiger charge is -2.28. The molecule has 21 heavy (non-hydrogen) atoms. The number of carbonyl (C=O) groups is 1. The second-order valence-corrected chi connectivity index (χ2v) is 8.44. The topological polar surface area (TPSA) is 26.3 Å². The van der Waals surface area contributed by atoms with Crippen molar-refractivity contribution in [2.45, 2.75) is 36.7 Å². The van der Waals surface area contributed by atoms with Gasteiger partial charge in [0, 0.05) is 40.2 Å². The average Bonchev–Trinajstić information content (AvgIpc) is 2.95. The van der Waals surface area contributed by atoms with Gasteiger partial charge in [-0.1, -0.05) is 18.5 Å². The summed E-state index contributed by atoms with van der Waals surface area (Å²) in [6.45, 7) is 2.87. The van der Waals surface area contributed by atoms with Gasteiger partial charge in [-0.15, -0.1) is 11.8 Å². The van der Waals surface area contributed by atoms with E-state index in [9.17, 15) is 4.79 Å². The molecule has 0 bridgehead atoms. The Hall–Kier alpha value is -0.320. The molecule has 0 aromatic heterocycles. The fraction of sp³-hybridized carbons (Fsp3) is 0.562. The van der Waals surface area contributed by atoms with Crippen molar-refractivity contribution in [2.24, 2.45) is 0 Å². The molecule has 1 fully saturated rings. The fourth-order valence-corrected chi connectivity index (χ4v) is 6.27. The van der Waals surface area contributed by atoms with E-state index in [-0.39, 0.29) is 5.25 Å². The summed E-state index contributed by atoms with van der Waals surface area (Å²) in [5.74, 6) is 3.44. The number of carbonyl (C=O) groups excluding carboxylic acids is 1. The summed E-state index contributed by atoms with van der Waals surface area (Å²) in [6.07, 6.45) is 2.39. The smallest absolute Gasteiger partial charge is 0.151 e. The molecule has 5 heteroatoms. The van der Waals surface area contributed by atoms with Gasteiger partial charge in [-0.05, 0) is 24.1 Å². The Labute approximate surface area is 139 Å². The van der Waals surface area contributed by atoms with Crippen molar-refractivity contribution in [1.29, 1.82) is 0 Å². The number of ketones is 1. The van der Waals surface area contributed by atoms with Crippen molar-refractivity contribution in [3.8, 4) is 5.75 Å². The molecule has 2 atom stereocenters. The number of thioether (sulfide) groups is 2. The average molecular weight is 343 g/mol. The molecule has 2 aliphatic rings. The molecule has 2 nitrogen and oxygen atoms in total. The maximum Gasteiger partial charge on any atom is 0.151 e. The number of ether oxygens (including phenoxy) is 1. The first-order chi connectivity index (χ1) is 10.2. The quantitative estimate of drug-likeness (QED) is 0.825. The normalized spacial score (nSPS) is 24.5. The molecule has 2 heterocycles. The summed E-state index contributed by atoms with van der Waals surface area (Å²) in [7, 11) is 0. The summed E-state index contributed by atoms with van der Waals surface area (Å²) in [6, 6.07) is 3.85. The number of Topliss-reactive ketones (excluding diaryl/α,β-unsaturated/α-hetero) is 1. The highest BCUT2D eigenvalue weighted by Crippen LogP contribution is 2.37. The highest BCUT2D eigenvalue weighted by Gasteiger charge is 2.31. The lowest BCUT2D eigenvalue weighted by molar-refractivity contribution is -0.118. The van der Waals surface area contributed by atoms with Crippen LogP contribution in [0.3, 0.4) is 0 Å². The summed E-state index contributed by atoms with van der Waals surface area (Å²) in [5, 5.41) is 1.27. The number of halogens is 1. The summed E-state index contributed by atoms with van der Waals surface area (Å²) >= 11 is 9.93. The molecular formula is C16H19ClO2S2. The van der Waals surface area contributed by atoms with Crippen LogP contribution < -0.4 is 4.74 Å². The van der Waals surface area contributed by atoms with Crippen molar-refractivity contribution in [1.82, 2.24) is 0 Å². The molecule has 0 aliphatic carbocycles. The van der Waals surface area contributed by atoms with Gasteiger partial charge in [-0.2, -0.15) is 11.8 Å². The van der Waals surface area contributed by atoms with Crippen molar-refractivity contribution in [2.75, 3.05) is 18.1 Å². The number of hydrogen-bond acceptors (Lipinski definition) is 4. The summed E-state index contributed by atoms with van der Waals surface area (Å²) in [5.41, 5.74) is 2.11. The van der Waals surface area contributed by atoms with Gasteiger partial charge in [0.1, 0.15) is 5.75 Å². The minimum atomic E-state index is 0.116. The Bertz CT molecular complexity index is 547. The number of fused-ring (bicyclic) bond motifs is 1. The molecule has 2 unspecified atom stereocenters. The van der Waals surface area contributed by atoms with E-state index in [0.717, 1.165) is 41.2 Å². The molecule has 2 aliphatic heterocycles. The molecule has 0 radical (unpaired) electrons. The summed E-state index contributed by atoms with van der Waals surface area (Å²) < 4.78 is 5.70. The van der Waals surface area contributed by atoms with Crippen LogP contribution in [0.1, 0.15) is 24.5 Å². The van der Waals surface area contributed by atoms with Crippen LogP contribution in [0.5, 0.6) is 5.75 Å². The van der Waals surface area contributed by atoms with E-state index in [0.29, 0.717) is 29.1 Å². The molecule has 1 aromatic carbocycles.